The molecule has 1 aliphatic heterocycles. The van der Waals surface area contributed by atoms with Gasteiger partial charge in [0.05, 0.1) is 11.0 Å². The Morgan fingerprint density at radius 2 is 1.83 bits per heavy atom. The summed E-state index contributed by atoms with van der Waals surface area (Å²) in [7, 11) is 1.42. The number of aryl methyl sites for hydroxylation is 1. The maximum Gasteiger partial charge on any atom is 0.364 e. The maximum atomic E-state index is 12.8. The van der Waals surface area contributed by atoms with Crippen molar-refractivity contribution < 1.29 is 38.7 Å². The lowest BCUT2D eigenvalue weighted by atomic mass is 9.89. The number of amides is 1. The topological polar surface area (TPSA) is 148 Å². The van der Waals surface area contributed by atoms with Crippen molar-refractivity contribution in [3.63, 3.8) is 0 Å². The van der Waals surface area contributed by atoms with E-state index in [0.29, 0.717) is 5.56 Å². The lowest BCUT2D eigenvalue weighted by molar-refractivity contribution is -0.306. The number of carbonyl (C=O) groups is 1. The number of anilines is 1. The highest BCUT2D eigenvalue weighted by Gasteiger charge is 2.60. The summed E-state index contributed by atoms with van der Waals surface area (Å²) in [6.07, 6.45) is -3.84. The van der Waals surface area contributed by atoms with Crippen molar-refractivity contribution in [1.82, 2.24) is 0 Å². The molecule has 6 atom stereocenters. The summed E-state index contributed by atoms with van der Waals surface area (Å²) in [5, 5.41) is 34.6. The van der Waals surface area contributed by atoms with Crippen LogP contribution in [-0.4, -0.2) is 58.5 Å². The van der Waals surface area contributed by atoms with Crippen LogP contribution in [0.1, 0.15) is 46.6 Å². The summed E-state index contributed by atoms with van der Waals surface area (Å²) in [6, 6.07) is 3.01. The molecule has 10 heteroatoms. The van der Waals surface area contributed by atoms with Gasteiger partial charge in [0.25, 0.3) is 0 Å². The number of fused-ring (bicyclic) bond motifs is 1. The lowest BCUT2D eigenvalue weighted by Crippen LogP contribution is -2.63. The number of nitrogens with one attached hydrogen (secondary N) is 1. The molecular formula is C26H35NO9. The van der Waals surface area contributed by atoms with Crippen molar-refractivity contribution in [2.75, 3.05) is 12.4 Å². The van der Waals surface area contributed by atoms with Gasteiger partial charge in [0.1, 0.15) is 29.6 Å². The zero-order valence-corrected chi connectivity index (χ0v) is 21.6. The van der Waals surface area contributed by atoms with Crippen LogP contribution in [-0.2, 0) is 14.3 Å². The molecule has 4 N–H and O–H groups in total. The molecule has 36 heavy (non-hydrogen) atoms. The Balaban J connectivity index is 1.62. The standard InChI is InChI=1S/C26H35NO9/c1-8-13-15(25(13,3)4)22(31)27-16-17(28)12-9-10-14(11(2)20(12)35-23(16)32)34-24-19(30)18(29)21(33-7)26(5,6)36-24/h9-10,13,15,18-19,21,24,28-30H,8H2,1-7H3,(H,27,31)/t13-,15+,18+,19-,21-,24-/m1/s1. The molecule has 2 heterocycles. The summed E-state index contributed by atoms with van der Waals surface area (Å²) < 4.78 is 22.5. The van der Waals surface area contributed by atoms with Crippen LogP contribution in [0.2, 0.25) is 0 Å². The van der Waals surface area contributed by atoms with Crippen LogP contribution in [0.15, 0.2) is 21.3 Å². The van der Waals surface area contributed by atoms with Gasteiger partial charge in [-0.1, -0.05) is 27.2 Å². The molecule has 0 radical (unpaired) electrons. The van der Waals surface area contributed by atoms with E-state index in [-0.39, 0.29) is 45.6 Å². The van der Waals surface area contributed by atoms with Gasteiger partial charge < -0.3 is 39.3 Å². The van der Waals surface area contributed by atoms with Crippen LogP contribution < -0.4 is 15.7 Å². The zero-order valence-electron chi connectivity index (χ0n) is 21.6. The van der Waals surface area contributed by atoms with Gasteiger partial charge in [-0.25, -0.2) is 4.79 Å². The Morgan fingerprint density at radius 1 is 1.17 bits per heavy atom. The van der Waals surface area contributed by atoms with E-state index in [4.69, 9.17) is 18.6 Å². The van der Waals surface area contributed by atoms with Crippen LogP contribution >= 0.6 is 0 Å². The van der Waals surface area contributed by atoms with Crippen LogP contribution in [0, 0.1) is 24.2 Å². The molecule has 0 bridgehead atoms. The molecule has 0 spiro atoms. The minimum atomic E-state index is -1.41. The van der Waals surface area contributed by atoms with E-state index in [1.807, 2.05) is 20.8 Å². The number of carbonyl (C=O) groups excluding carboxylic acids is 1. The predicted octanol–water partition coefficient (Wildman–Crippen LogP) is 2.68. The SMILES string of the molecule is CC[C@@H]1[C@@H](C(=O)Nc2c(O)c3ccc(O[C@@H]4OC(C)(C)[C@H](OC)[C@@H](O)[C@H]4O)c(C)c3oc2=O)C1(C)C. The monoisotopic (exact) mass is 505 g/mol. The van der Waals surface area contributed by atoms with E-state index >= 15 is 0 Å². The van der Waals surface area contributed by atoms with E-state index < -0.39 is 41.6 Å². The zero-order chi connectivity index (χ0) is 26.7. The number of aromatic hydroxyl groups is 1. The molecule has 2 aromatic rings. The molecule has 198 valence electrons. The second kappa shape index (κ2) is 9.02. The van der Waals surface area contributed by atoms with E-state index in [0.717, 1.165) is 6.42 Å². The summed E-state index contributed by atoms with van der Waals surface area (Å²) in [5.41, 5.74) is -1.91. The molecule has 4 rings (SSSR count). The molecule has 1 aromatic carbocycles. The highest BCUT2D eigenvalue weighted by Crippen LogP contribution is 2.60. The summed E-state index contributed by atoms with van der Waals surface area (Å²) >= 11 is 0. The summed E-state index contributed by atoms with van der Waals surface area (Å²) in [4.78, 5) is 25.6. The molecule has 0 unspecified atom stereocenters. The van der Waals surface area contributed by atoms with Crippen molar-refractivity contribution in [2.24, 2.45) is 17.3 Å². The number of rotatable bonds is 6. The average molecular weight is 506 g/mol. The third-order valence-corrected chi connectivity index (χ3v) is 7.81. The van der Waals surface area contributed by atoms with Crippen molar-refractivity contribution in [2.45, 2.75) is 78.2 Å². The molecule has 1 saturated carbocycles. The fraction of sp³-hybridized carbons (Fsp3) is 0.615. The number of aliphatic hydroxyl groups is 2. The largest absolute Gasteiger partial charge is 0.505 e. The quantitative estimate of drug-likeness (QED) is 0.435. The smallest absolute Gasteiger partial charge is 0.364 e. The van der Waals surface area contributed by atoms with E-state index in [9.17, 15) is 24.9 Å². The molecule has 10 nitrogen and oxygen atoms in total. The van der Waals surface area contributed by atoms with Gasteiger partial charge >= 0.3 is 5.63 Å². The van der Waals surface area contributed by atoms with Gasteiger partial charge in [-0.2, -0.15) is 0 Å². The van der Waals surface area contributed by atoms with Crippen LogP contribution in [0.25, 0.3) is 11.0 Å². The van der Waals surface area contributed by atoms with Gasteiger partial charge in [0.15, 0.2) is 11.4 Å². The number of methoxy groups -OCH3 is 1. The van der Waals surface area contributed by atoms with Crippen LogP contribution in [0.3, 0.4) is 0 Å². The summed E-state index contributed by atoms with van der Waals surface area (Å²) in [6.45, 7) is 11.0. The van der Waals surface area contributed by atoms with E-state index in [1.54, 1.807) is 20.8 Å². The Labute approximate surface area is 209 Å². The fourth-order valence-corrected chi connectivity index (χ4v) is 5.66. The van der Waals surface area contributed by atoms with Crippen molar-refractivity contribution in [3.05, 3.63) is 28.1 Å². The Kier molecular flexibility index (Phi) is 6.62. The normalized spacial score (nSPS) is 30.7. The molecule has 2 aliphatic rings. The van der Waals surface area contributed by atoms with Crippen molar-refractivity contribution >= 4 is 22.6 Å². The number of benzene rings is 1. The van der Waals surface area contributed by atoms with E-state index in [2.05, 4.69) is 5.32 Å². The number of aliphatic hydroxyl groups excluding tert-OH is 2. The van der Waals surface area contributed by atoms with Gasteiger partial charge in [0.2, 0.25) is 12.2 Å². The van der Waals surface area contributed by atoms with Crippen LogP contribution in [0.4, 0.5) is 5.69 Å². The number of hydrogen-bond donors (Lipinski definition) is 4. The molecule has 1 aromatic heterocycles. The summed E-state index contributed by atoms with van der Waals surface area (Å²) in [5.74, 6) is -0.563. The molecular weight excluding hydrogens is 470 g/mol. The average Bonchev–Trinajstić information content (AvgIpc) is 3.37. The van der Waals surface area contributed by atoms with Gasteiger partial charge in [-0.05, 0) is 44.2 Å². The molecule has 1 saturated heterocycles. The highest BCUT2D eigenvalue weighted by molar-refractivity contribution is 6.00. The second-order valence-corrected chi connectivity index (χ2v) is 10.8. The first-order chi connectivity index (χ1) is 16.8. The number of hydrogen-bond acceptors (Lipinski definition) is 9. The first kappa shape index (κ1) is 26.4. The Morgan fingerprint density at radius 3 is 2.42 bits per heavy atom. The molecule has 1 aliphatic carbocycles. The minimum Gasteiger partial charge on any atom is -0.505 e. The molecule has 1 amide bonds. The minimum absolute atomic E-state index is 0.0612. The lowest BCUT2D eigenvalue weighted by Gasteiger charge is -2.46. The van der Waals surface area contributed by atoms with Crippen LogP contribution in [0.5, 0.6) is 11.5 Å². The number of ether oxygens (including phenoxy) is 3. The Hall–Kier alpha value is -2.66. The third kappa shape index (κ3) is 4.15. The van der Waals surface area contributed by atoms with Gasteiger partial charge in [-0.3, -0.25) is 4.79 Å². The van der Waals surface area contributed by atoms with E-state index in [1.165, 1.54) is 19.2 Å². The van der Waals surface area contributed by atoms with Crippen molar-refractivity contribution in [3.8, 4) is 11.5 Å². The first-order valence-electron chi connectivity index (χ1n) is 12.1. The predicted molar refractivity (Wildman–Crippen MR) is 131 cm³/mol. The molecule has 2 fully saturated rings. The fourth-order valence-electron chi connectivity index (χ4n) is 5.66. The third-order valence-electron chi connectivity index (χ3n) is 7.81. The first-order valence-corrected chi connectivity index (χ1v) is 12.1. The maximum absolute atomic E-state index is 12.8. The second-order valence-electron chi connectivity index (χ2n) is 10.8. The van der Waals surface area contributed by atoms with Gasteiger partial charge in [0, 0.05) is 18.6 Å². The Bertz CT molecular complexity index is 1230. The highest BCUT2D eigenvalue weighted by atomic mass is 16.7. The van der Waals surface area contributed by atoms with Gasteiger partial charge in [-0.15, -0.1) is 0 Å². The van der Waals surface area contributed by atoms with Crippen molar-refractivity contribution in [1.29, 1.82) is 0 Å².